The summed E-state index contributed by atoms with van der Waals surface area (Å²) in [4.78, 5) is 34.5. The van der Waals surface area contributed by atoms with Gasteiger partial charge in [-0.25, -0.2) is 4.79 Å². The van der Waals surface area contributed by atoms with Gasteiger partial charge in [0.15, 0.2) is 0 Å². The molecule has 1 aliphatic carbocycles. The predicted molar refractivity (Wildman–Crippen MR) is 75.6 cm³/mol. The van der Waals surface area contributed by atoms with Crippen LogP contribution >= 0.6 is 0 Å². The minimum absolute atomic E-state index is 0.162. The fourth-order valence-corrected chi connectivity index (χ4v) is 3.05. The molecule has 1 saturated carbocycles. The van der Waals surface area contributed by atoms with Crippen LogP contribution in [0.3, 0.4) is 0 Å². The molecular formula is C15H21NO6. The number of aliphatic hydroxyl groups is 2. The zero-order valence-electron chi connectivity index (χ0n) is 12.6. The third-order valence-corrected chi connectivity index (χ3v) is 4.35. The van der Waals surface area contributed by atoms with Gasteiger partial charge < -0.3 is 25.1 Å². The smallest absolute Gasteiger partial charge is 0.334 e. The average Bonchev–Trinajstić information content (AvgIpc) is 2.47. The molecule has 0 spiro atoms. The molecule has 1 fully saturated rings. The Balaban J connectivity index is 2.16. The lowest BCUT2D eigenvalue weighted by Gasteiger charge is -2.41. The molecule has 5 atom stereocenters. The van der Waals surface area contributed by atoms with Crippen molar-refractivity contribution in [3.05, 3.63) is 11.1 Å². The second-order valence-electron chi connectivity index (χ2n) is 5.94. The van der Waals surface area contributed by atoms with E-state index >= 15 is 0 Å². The lowest BCUT2D eigenvalue weighted by molar-refractivity contribution is -0.170. The lowest BCUT2D eigenvalue weighted by atomic mass is 9.75. The van der Waals surface area contributed by atoms with E-state index < -0.39 is 36.2 Å². The molecule has 3 N–H and O–H groups in total. The van der Waals surface area contributed by atoms with Crippen LogP contribution in [-0.4, -0.2) is 52.7 Å². The predicted octanol–water partition coefficient (Wildman–Crippen LogP) is -0.546. The van der Waals surface area contributed by atoms with Crippen molar-refractivity contribution < 1.29 is 29.3 Å². The molecule has 0 aromatic rings. The number of esters is 1. The van der Waals surface area contributed by atoms with E-state index in [-0.39, 0.29) is 17.9 Å². The average molecular weight is 311 g/mol. The van der Waals surface area contributed by atoms with Gasteiger partial charge in [-0.15, -0.1) is 0 Å². The number of aliphatic hydroxyl groups excluding tert-OH is 2. The number of hydrogen-bond donors (Lipinski definition) is 3. The van der Waals surface area contributed by atoms with Gasteiger partial charge in [0.2, 0.25) is 5.91 Å². The van der Waals surface area contributed by atoms with Gasteiger partial charge >= 0.3 is 5.97 Å². The highest BCUT2D eigenvalue weighted by Crippen LogP contribution is 2.38. The van der Waals surface area contributed by atoms with Crippen LogP contribution in [0.5, 0.6) is 0 Å². The Morgan fingerprint density at radius 2 is 2.14 bits per heavy atom. The molecule has 1 aliphatic heterocycles. The normalized spacial score (nSPS) is 32.8. The number of nitrogens with one attached hydrogen (secondary N) is 1. The third kappa shape index (κ3) is 3.20. The summed E-state index contributed by atoms with van der Waals surface area (Å²) in [6, 6.07) is -0.618. The maximum absolute atomic E-state index is 12.1. The Labute approximate surface area is 128 Å². The molecule has 2 rings (SSSR count). The van der Waals surface area contributed by atoms with Gasteiger partial charge in [-0.2, -0.15) is 0 Å². The second kappa shape index (κ2) is 6.58. The molecule has 2 aliphatic rings. The summed E-state index contributed by atoms with van der Waals surface area (Å²) in [5.41, 5.74) is 0.974. The van der Waals surface area contributed by atoms with E-state index in [0.29, 0.717) is 24.7 Å². The molecule has 0 radical (unpaired) electrons. The summed E-state index contributed by atoms with van der Waals surface area (Å²) < 4.78 is 5.23. The van der Waals surface area contributed by atoms with Gasteiger partial charge in [-0.1, -0.05) is 5.57 Å². The Kier molecular flexibility index (Phi) is 4.97. The quantitative estimate of drug-likeness (QED) is 0.474. The van der Waals surface area contributed by atoms with Crippen LogP contribution in [0, 0.1) is 5.92 Å². The van der Waals surface area contributed by atoms with Gasteiger partial charge in [-0.3, -0.25) is 4.79 Å². The van der Waals surface area contributed by atoms with E-state index in [2.05, 4.69) is 5.32 Å². The van der Waals surface area contributed by atoms with Crippen LogP contribution < -0.4 is 5.32 Å². The number of amides is 1. The maximum Gasteiger partial charge on any atom is 0.334 e. The molecule has 7 heteroatoms. The molecule has 0 saturated heterocycles. The van der Waals surface area contributed by atoms with Crippen molar-refractivity contribution >= 4 is 18.2 Å². The summed E-state index contributed by atoms with van der Waals surface area (Å²) in [5, 5.41) is 22.1. The molecular weight excluding hydrogens is 290 g/mol. The Morgan fingerprint density at radius 3 is 2.77 bits per heavy atom. The highest BCUT2D eigenvalue weighted by molar-refractivity contribution is 5.97. The summed E-state index contributed by atoms with van der Waals surface area (Å²) in [6.07, 6.45) is -1.34. The minimum atomic E-state index is -1.11. The molecule has 0 aromatic heterocycles. The molecule has 1 heterocycles. The number of carbonyl (C=O) groups is 3. The van der Waals surface area contributed by atoms with E-state index in [1.807, 2.05) is 0 Å². The monoisotopic (exact) mass is 311 g/mol. The van der Waals surface area contributed by atoms with Crippen molar-refractivity contribution in [1.29, 1.82) is 0 Å². The molecule has 22 heavy (non-hydrogen) atoms. The lowest BCUT2D eigenvalue weighted by Crippen LogP contribution is -2.51. The van der Waals surface area contributed by atoms with Crippen LogP contribution in [0.15, 0.2) is 11.1 Å². The van der Waals surface area contributed by atoms with E-state index in [1.165, 1.54) is 0 Å². The zero-order valence-corrected chi connectivity index (χ0v) is 12.6. The number of carbonyl (C=O) groups excluding carboxylic acids is 3. The molecule has 0 bridgehead atoms. The van der Waals surface area contributed by atoms with Gasteiger partial charge in [0.1, 0.15) is 18.5 Å². The van der Waals surface area contributed by atoms with Crippen LogP contribution in [0.25, 0.3) is 0 Å². The summed E-state index contributed by atoms with van der Waals surface area (Å²) in [7, 11) is 0. The van der Waals surface area contributed by atoms with Crippen LogP contribution in [0.1, 0.15) is 33.1 Å². The van der Waals surface area contributed by atoms with E-state index in [4.69, 9.17) is 4.74 Å². The third-order valence-electron chi connectivity index (χ3n) is 4.35. The number of rotatable bonds is 4. The van der Waals surface area contributed by atoms with Crippen molar-refractivity contribution in [1.82, 2.24) is 5.32 Å². The SMILES string of the molecule is CC1=C(CC(=O)NC(C)C=O)C(=O)OC2C1CCC(O)C2O. The molecule has 5 unspecified atom stereocenters. The Hall–Kier alpha value is -1.73. The van der Waals surface area contributed by atoms with E-state index in [9.17, 15) is 24.6 Å². The van der Waals surface area contributed by atoms with Gasteiger partial charge in [0.25, 0.3) is 0 Å². The Morgan fingerprint density at radius 1 is 1.45 bits per heavy atom. The largest absolute Gasteiger partial charge is 0.455 e. The minimum Gasteiger partial charge on any atom is -0.455 e. The fourth-order valence-electron chi connectivity index (χ4n) is 3.05. The topological polar surface area (TPSA) is 113 Å². The van der Waals surface area contributed by atoms with E-state index in [1.54, 1.807) is 13.8 Å². The van der Waals surface area contributed by atoms with Gasteiger partial charge in [0, 0.05) is 11.5 Å². The highest BCUT2D eigenvalue weighted by Gasteiger charge is 2.45. The standard InChI is InChI=1S/C15H21NO6/c1-7(6-17)16-12(19)5-10-8(2)9-3-4-11(18)13(20)14(9)22-15(10)21/h6-7,9,11,13-14,18,20H,3-5H2,1-2H3,(H,16,19). The van der Waals surface area contributed by atoms with Crippen LogP contribution in [0.4, 0.5) is 0 Å². The fraction of sp³-hybridized carbons (Fsp3) is 0.667. The molecule has 122 valence electrons. The first-order chi connectivity index (χ1) is 10.3. The molecule has 7 nitrogen and oxygen atoms in total. The number of hydrogen-bond acceptors (Lipinski definition) is 6. The molecule has 0 aromatic carbocycles. The first kappa shape index (κ1) is 16.6. The summed E-state index contributed by atoms with van der Waals surface area (Å²) >= 11 is 0. The van der Waals surface area contributed by atoms with Crippen LogP contribution in [-0.2, 0) is 19.1 Å². The number of aldehydes is 1. The molecule has 1 amide bonds. The summed E-state index contributed by atoms with van der Waals surface area (Å²) in [6.45, 7) is 3.29. The Bertz CT molecular complexity index is 514. The van der Waals surface area contributed by atoms with Gasteiger partial charge in [0.05, 0.1) is 18.6 Å². The number of fused-ring (bicyclic) bond motifs is 1. The van der Waals surface area contributed by atoms with Crippen molar-refractivity contribution in [2.45, 2.75) is 57.5 Å². The maximum atomic E-state index is 12.1. The van der Waals surface area contributed by atoms with Crippen molar-refractivity contribution in [2.75, 3.05) is 0 Å². The van der Waals surface area contributed by atoms with Gasteiger partial charge in [-0.05, 0) is 26.7 Å². The zero-order chi connectivity index (χ0) is 16.4. The van der Waals surface area contributed by atoms with Crippen molar-refractivity contribution in [3.8, 4) is 0 Å². The first-order valence-electron chi connectivity index (χ1n) is 7.36. The van der Waals surface area contributed by atoms with E-state index in [0.717, 1.165) is 0 Å². The first-order valence-corrected chi connectivity index (χ1v) is 7.36. The second-order valence-corrected chi connectivity index (χ2v) is 5.94. The highest BCUT2D eigenvalue weighted by atomic mass is 16.6. The number of ether oxygens (including phenoxy) is 1. The van der Waals surface area contributed by atoms with Crippen LogP contribution in [0.2, 0.25) is 0 Å². The summed E-state index contributed by atoms with van der Waals surface area (Å²) in [5.74, 6) is -1.27. The van der Waals surface area contributed by atoms with Crippen molar-refractivity contribution in [2.24, 2.45) is 5.92 Å². The van der Waals surface area contributed by atoms with Crippen molar-refractivity contribution in [3.63, 3.8) is 0 Å².